The molecule has 2 aliphatic heterocycles. The number of hydrogen-bond acceptors (Lipinski definition) is 5. The molecule has 0 bridgehead atoms. The number of urea groups is 1. The lowest BCUT2D eigenvalue weighted by Gasteiger charge is -2.25. The summed E-state index contributed by atoms with van der Waals surface area (Å²) in [4.78, 5) is 39.4. The van der Waals surface area contributed by atoms with E-state index in [1.54, 1.807) is 37.3 Å². The van der Waals surface area contributed by atoms with Crippen molar-refractivity contribution in [2.75, 3.05) is 19.8 Å². The second kappa shape index (κ2) is 7.48. The minimum atomic E-state index is -1.28. The van der Waals surface area contributed by atoms with Crippen molar-refractivity contribution in [3.63, 3.8) is 0 Å². The molecule has 0 aromatic heterocycles. The van der Waals surface area contributed by atoms with Crippen molar-refractivity contribution in [2.24, 2.45) is 0 Å². The number of ketones is 1. The van der Waals surface area contributed by atoms with Crippen LogP contribution < -0.4 is 14.8 Å². The Morgan fingerprint density at radius 1 is 1.07 bits per heavy atom. The van der Waals surface area contributed by atoms with Gasteiger partial charge in [0.15, 0.2) is 17.3 Å². The highest BCUT2D eigenvalue weighted by atomic mass is 16.6. The standard InChI is InChI=1S/C23H24N2O5/c1-14(2)15-4-6-16(7-5-15)18(26)13-25-21(27)23(3,24-22(25)28)17-8-9-19-20(12-17)30-11-10-29-19/h4-9,12,14H,10-11,13H2,1-3H3,(H,24,28). The van der Waals surface area contributed by atoms with E-state index in [-0.39, 0.29) is 12.3 Å². The van der Waals surface area contributed by atoms with Crippen LogP contribution in [0.1, 0.15) is 48.2 Å². The normalized spacial score (nSPS) is 20.5. The van der Waals surface area contributed by atoms with Crippen LogP contribution in [0.2, 0.25) is 0 Å². The molecular weight excluding hydrogens is 384 g/mol. The predicted octanol–water partition coefficient (Wildman–Crippen LogP) is 3.23. The number of fused-ring (bicyclic) bond motifs is 1. The Labute approximate surface area is 175 Å². The fraction of sp³-hybridized carbons (Fsp3) is 0.348. The second-order valence-corrected chi connectivity index (χ2v) is 8.00. The molecule has 4 rings (SSSR count). The maximum Gasteiger partial charge on any atom is 0.325 e. The molecule has 0 radical (unpaired) electrons. The summed E-state index contributed by atoms with van der Waals surface area (Å²) in [5.41, 5.74) is 0.872. The molecule has 1 unspecified atom stereocenters. The Balaban J connectivity index is 1.54. The lowest BCUT2D eigenvalue weighted by atomic mass is 9.91. The minimum absolute atomic E-state index is 0.291. The summed E-state index contributed by atoms with van der Waals surface area (Å²) in [5, 5.41) is 2.72. The van der Waals surface area contributed by atoms with Gasteiger partial charge in [0.25, 0.3) is 5.91 Å². The quantitative estimate of drug-likeness (QED) is 0.607. The molecule has 1 N–H and O–H groups in total. The van der Waals surface area contributed by atoms with Crippen molar-refractivity contribution in [2.45, 2.75) is 32.2 Å². The van der Waals surface area contributed by atoms with Crippen LogP contribution in [0.15, 0.2) is 42.5 Å². The second-order valence-electron chi connectivity index (χ2n) is 8.00. The summed E-state index contributed by atoms with van der Waals surface area (Å²) in [7, 11) is 0. The van der Waals surface area contributed by atoms with Gasteiger partial charge in [-0.2, -0.15) is 0 Å². The number of imide groups is 1. The Morgan fingerprint density at radius 2 is 1.73 bits per heavy atom. The number of benzene rings is 2. The Hall–Kier alpha value is -3.35. The molecule has 1 atom stereocenters. The molecule has 156 valence electrons. The molecule has 3 amide bonds. The van der Waals surface area contributed by atoms with Gasteiger partial charge >= 0.3 is 6.03 Å². The SMILES string of the molecule is CC(C)c1ccc(C(=O)CN2C(=O)NC(C)(c3ccc4c(c3)OCCO4)C2=O)cc1. The molecule has 30 heavy (non-hydrogen) atoms. The van der Waals surface area contributed by atoms with Crippen LogP contribution in [0.4, 0.5) is 4.79 Å². The topological polar surface area (TPSA) is 84.9 Å². The molecule has 1 fully saturated rings. The zero-order valence-corrected chi connectivity index (χ0v) is 17.2. The lowest BCUT2D eigenvalue weighted by Crippen LogP contribution is -2.41. The maximum atomic E-state index is 13.1. The first-order valence-corrected chi connectivity index (χ1v) is 9.97. The highest BCUT2D eigenvalue weighted by Gasteiger charge is 2.49. The van der Waals surface area contributed by atoms with Gasteiger partial charge < -0.3 is 14.8 Å². The first-order chi connectivity index (χ1) is 14.3. The zero-order valence-electron chi connectivity index (χ0n) is 17.2. The van der Waals surface area contributed by atoms with Gasteiger partial charge in [-0.25, -0.2) is 4.79 Å². The molecule has 2 heterocycles. The van der Waals surface area contributed by atoms with Gasteiger partial charge in [-0.15, -0.1) is 0 Å². The lowest BCUT2D eigenvalue weighted by molar-refractivity contribution is -0.130. The van der Waals surface area contributed by atoms with Crippen LogP contribution in [0.25, 0.3) is 0 Å². The van der Waals surface area contributed by atoms with E-state index in [1.807, 2.05) is 12.1 Å². The molecule has 7 nitrogen and oxygen atoms in total. The van der Waals surface area contributed by atoms with Crippen molar-refractivity contribution in [1.29, 1.82) is 0 Å². The van der Waals surface area contributed by atoms with E-state index in [2.05, 4.69) is 19.2 Å². The number of carbonyl (C=O) groups excluding carboxylic acids is 3. The third kappa shape index (κ3) is 3.40. The average molecular weight is 408 g/mol. The molecule has 0 saturated carbocycles. The highest BCUT2D eigenvalue weighted by molar-refractivity contribution is 6.11. The Kier molecular flexibility index (Phi) is 4.97. The van der Waals surface area contributed by atoms with Gasteiger partial charge in [0.1, 0.15) is 18.8 Å². The van der Waals surface area contributed by atoms with Crippen molar-refractivity contribution in [3.05, 3.63) is 59.2 Å². The summed E-state index contributed by atoms with van der Waals surface area (Å²) < 4.78 is 11.1. The molecule has 7 heteroatoms. The van der Waals surface area contributed by atoms with Gasteiger partial charge in [0, 0.05) is 5.56 Å². The number of amides is 3. The molecule has 1 saturated heterocycles. The first-order valence-electron chi connectivity index (χ1n) is 9.97. The van der Waals surface area contributed by atoms with Crippen LogP contribution in [0, 0.1) is 0 Å². The van der Waals surface area contributed by atoms with E-state index in [9.17, 15) is 14.4 Å². The number of nitrogens with one attached hydrogen (secondary N) is 1. The number of ether oxygens (including phenoxy) is 2. The highest BCUT2D eigenvalue weighted by Crippen LogP contribution is 2.36. The van der Waals surface area contributed by atoms with Crippen molar-refractivity contribution in [3.8, 4) is 11.5 Å². The summed E-state index contributed by atoms with van der Waals surface area (Å²) >= 11 is 0. The van der Waals surface area contributed by atoms with E-state index in [1.165, 1.54) is 0 Å². The van der Waals surface area contributed by atoms with Crippen LogP contribution in [-0.4, -0.2) is 42.4 Å². The monoisotopic (exact) mass is 408 g/mol. The minimum Gasteiger partial charge on any atom is -0.486 e. The predicted molar refractivity (Wildman–Crippen MR) is 110 cm³/mol. The average Bonchev–Trinajstić information content (AvgIpc) is 2.97. The van der Waals surface area contributed by atoms with Crippen molar-refractivity contribution >= 4 is 17.7 Å². The van der Waals surface area contributed by atoms with Crippen LogP contribution >= 0.6 is 0 Å². The third-order valence-corrected chi connectivity index (χ3v) is 5.60. The van der Waals surface area contributed by atoms with Gasteiger partial charge in [0.05, 0.1) is 6.54 Å². The molecule has 0 spiro atoms. The first kappa shape index (κ1) is 19.9. The molecule has 2 aromatic rings. The number of nitrogens with zero attached hydrogens (tertiary/aromatic N) is 1. The maximum absolute atomic E-state index is 13.1. The third-order valence-electron chi connectivity index (χ3n) is 5.60. The van der Waals surface area contributed by atoms with Crippen molar-refractivity contribution in [1.82, 2.24) is 10.2 Å². The van der Waals surface area contributed by atoms with Gasteiger partial charge in [0.2, 0.25) is 0 Å². The van der Waals surface area contributed by atoms with Crippen LogP contribution in [0.3, 0.4) is 0 Å². The molecular formula is C23H24N2O5. The van der Waals surface area contributed by atoms with E-state index in [0.717, 1.165) is 10.5 Å². The number of Topliss-reactive ketones (excluding diaryl/α,β-unsaturated/α-hetero) is 1. The van der Waals surface area contributed by atoms with Crippen molar-refractivity contribution < 1.29 is 23.9 Å². The number of hydrogen-bond donors (Lipinski definition) is 1. The van der Waals surface area contributed by atoms with Crippen LogP contribution in [0.5, 0.6) is 11.5 Å². The van der Waals surface area contributed by atoms with E-state index in [4.69, 9.17) is 9.47 Å². The van der Waals surface area contributed by atoms with Crippen LogP contribution in [-0.2, 0) is 10.3 Å². The number of carbonyl (C=O) groups is 3. The summed E-state index contributed by atoms with van der Waals surface area (Å²) in [6.45, 7) is 6.34. The largest absolute Gasteiger partial charge is 0.486 e. The summed E-state index contributed by atoms with van der Waals surface area (Å²) in [6.07, 6.45) is 0. The summed E-state index contributed by atoms with van der Waals surface area (Å²) in [6, 6.07) is 11.8. The van der Waals surface area contributed by atoms with Gasteiger partial charge in [-0.3, -0.25) is 14.5 Å². The Morgan fingerprint density at radius 3 is 2.40 bits per heavy atom. The number of rotatable bonds is 5. The van der Waals surface area contributed by atoms with Gasteiger partial charge in [-0.1, -0.05) is 44.2 Å². The molecule has 2 aliphatic rings. The van der Waals surface area contributed by atoms with Gasteiger partial charge in [-0.05, 0) is 36.1 Å². The fourth-order valence-electron chi connectivity index (χ4n) is 3.68. The molecule has 0 aliphatic carbocycles. The van der Waals surface area contributed by atoms with E-state index >= 15 is 0 Å². The molecule has 2 aromatic carbocycles. The fourth-order valence-corrected chi connectivity index (χ4v) is 3.68. The van der Waals surface area contributed by atoms with E-state index in [0.29, 0.717) is 41.8 Å². The Bertz CT molecular complexity index is 1010. The smallest absolute Gasteiger partial charge is 0.325 e. The summed E-state index contributed by atoms with van der Waals surface area (Å²) in [5.74, 6) is 0.715. The zero-order chi connectivity index (χ0) is 21.5. The van der Waals surface area contributed by atoms with E-state index < -0.39 is 17.5 Å².